The normalized spacial score (nSPS) is 10.1. The summed E-state index contributed by atoms with van der Waals surface area (Å²) in [6.07, 6.45) is -1.03. The molecule has 2 aromatic rings. The van der Waals surface area contributed by atoms with Crippen LogP contribution < -0.4 is 0 Å². The van der Waals surface area contributed by atoms with Crippen LogP contribution in [0.1, 0.15) is 51.1 Å². The standard InChI is InChI=1S/C23H24O12/c1-16-6-10-18(11-7-16)20(24)30-34-32-22(26)28-14-4-3-5-15-29-23(27)33-35-31-21(25)19-12-8-17(2)9-13-19/h6-13H,3-5,14-15H2,1-2H3. The Morgan fingerprint density at radius 3 is 1.29 bits per heavy atom. The maximum atomic E-state index is 11.6. The smallest absolute Gasteiger partial charge is 0.432 e. The summed E-state index contributed by atoms with van der Waals surface area (Å²) < 4.78 is 9.43. The molecule has 0 unspecified atom stereocenters. The van der Waals surface area contributed by atoms with Crippen LogP contribution in [0.4, 0.5) is 9.59 Å². The van der Waals surface area contributed by atoms with E-state index >= 15 is 0 Å². The number of hydrogen-bond acceptors (Lipinski definition) is 12. The van der Waals surface area contributed by atoms with Crippen LogP contribution in [0, 0.1) is 13.8 Å². The van der Waals surface area contributed by atoms with Gasteiger partial charge in [0.15, 0.2) is 0 Å². The van der Waals surface area contributed by atoms with E-state index in [1.165, 1.54) is 24.3 Å². The molecule has 0 saturated carbocycles. The van der Waals surface area contributed by atoms with Gasteiger partial charge in [0.25, 0.3) is 0 Å². The predicted molar refractivity (Wildman–Crippen MR) is 114 cm³/mol. The summed E-state index contributed by atoms with van der Waals surface area (Å²) in [6.45, 7) is 3.68. The van der Waals surface area contributed by atoms with Crippen LogP contribution in [0.15, 0.2) is 48.5 Å². The molecular formula is C23H24O12. The molecule has 0 heterocycles. The fraction of sp³-hybridized carbons (Fsp3) is 0.304. The van der Waals surface area contributed by atoms with E-state index in [1.54, 1.807) is 24.3 Å². The van der Waals surface area contributed by atoms with Crippen LogP contribution in [-0.2, 0) is 39.1 Å². The lowest BCUT2D eigenvalue weighted by atomic mass is 10.2. The Labute approximate surface area is 200 Å². The lowest BCUT2D eigenvalue weighted by Gasteiger charge is -2.05. The molecule has 0 N–H and O–H groups in total. The topological polar surface area (TPSA) is 142 Å². The Balaban J connectivity index is 1.42. The predicted octanol–water partition coefficient (Wildman–Crippen LogP) is 4.49. The highest BCUT2D eigenvalue weighted by atomic mass is 17.5. The number of ether oxygens (including phenoxy) is 2. The van der Waals surface area contributed by atoms with Gasteiger partial charge in [0, 0.05) is 0 Å². The molecular weight excluding hydrogens is 468 g/mol. The van der Waals surface area contributed by atoms with Crippen molar-refractivity contribution in [2.24, 2.45) is 0 Å². The Hall–Kier alpha value is -4.16. The van der Waals surface area contributed by atoms with Crippen LogP contribution >= 0.6 is 0 Å². The maximum Gasteiger partial charge on any atom is 0.543 e. The van der Waals surface area contributed by atoms with Gasteiger partial charge in [-0.05, 0) is 57.4 Å². The summed E-state index contributed by atoms with van der Waals surface area (Å²) in [7, 11) is 0. The summed E-state index contributed by atoms with van der Waals surface area (Å²) in [5.74, 6) is -1.68. The van der Waals surface area contributed by atoms with Gasteiger partial charge in [-0.1, -0.05) is 35.4 Å². The second-order valence-corrected chi connectivity index (χ2v) is 7.03. The SMILES string of the molecule is Cc1ccc(C(=O)OOOC(=O)OCCCCCOC(=O)OOOC(=O)c2ccc(C)cc2)cc1. The van der Waals surface area contributed by atoms with Gasteiger partial charge >= 0.3 is 24.2 Å². The Morgan fingerprint density at radius 2 is 0.914 bits per heavy atom. The summed E-state index contributed by atoms with van der Waals surface area (Å²) in [5, 5.41) is 8.20. The third-order valence-electron chi connectivity index (χ3n) is 4.23. The van der Waals surface area contributed by atoms with E-state index in [2.05, 4.69) is 29.6 Å². The average Bonchev–Trinajstić information content (AvgIpc) is 2.84. The molecule has 0 fully saturated rings. The molecule has 35 heavy (non-hydrogen) atoms. The van der Waals surface area contributed by atoms with Gasteiger partial charge in [0.1, 0.15) is 0 Å². The molecule has 0 aliphatic rings. The summed E-state index contributed by atoms with van der Waals surface area (Å²) in [5.41, 5.74) is 2.35. The molecule has 0 atom stereocenters. The fourth-order valence-electron chi connectivity index (χ4n) is 2.37. The van der Waals surface area contributed by atoms with Gasteiger partial charge in [-0.15, -0.1) is 0 Å². The maximum absolute atomic E-state index is 11.6. The molecule has 0 aliphatic heterocycles. The summed E-state index contributed by atoms with van der Waals surface area (Å²) >= 11 is 0. The van der Waals surface area contributed by atoms with Crippen molar-refractivity contribution in [3.8, 4) is 0 Å². The van der Waals surface area contributed by atoms with Gasteiger partial charge in [0.05, 0.1) is 34.4 Å². The summed E-state index contributed by atoms with van der Waals surface area (Å²) in [6, 6.07) is 12.9. The second-order valence-electron chi connectivity index (χ2n) is 7.03. The Morgan fingerprint density at radius 1 is 0.543 bits per heavy atom. The Kier molecular flexibility index (Phi) is 11.5. The van der Waals surface area contributed by atoms with Gasteiger partial charge in [-0.3, -0.25) is 9.78 Å². The van der Waals surface area contributed by atoms with Crippen molar-refractivity contribution in [1.29, 1.82) is 0 Å². The third-order valence-corrected chi connectivity index (χ3v) is 4.23. The van der Waals surface area contributed by atoms with E-state index in [-0.39, 0.29) is 24.3 Å². The lowest BCUT2D eigenvalue weighted by molar-refractivity contribution is -0.452. The zero-order valence-electron chi connectivity index (χ0n) is 19.1. The number of rotatable bonds is 12. The largest absolute Gasteiger partial charge is 0.543 e. The molecule has 2 rings (SSSR count). The van der Waals surface area contributed by atoms with Crippen molar-refractivity contribution in [2.75, 3.05) is 13.2 Å². The first-order valence-electron chi connectivity index (χ1n) is 10.4. The van der Waals surface area contributed by atoms with E-state index in [4.69, 9.17) is 9.47 Å². The molecule has 12 heteroatoms. The molecule has 12 nitrogen and oxygen atoms in total. The number of carbonyl (C=O) groups is 4. The molecule has 0 aliphatic carbocycles. The number of unbranched alkanes of at least 4 members (excludes halogenated alkanes) is 2. The minimum absolute atomic E-state index is 0.0172. The van der Waals surface area contributed by atoms with Crippen LogP contribution in [0.2, 0.25) is 0 Å². The molecule has 0 amide bonds. The highest BCUT2D eigenvalue weighted by molar-refractivity contribution is 5.89. The van der Waals surface area contributed by atoms with Gasteiger partial charge in [-0.25, -0.2) is 29.0 Å². The molecule has 0 aromatic heterocycles. The summed E-state index contributed by atoms with van der Waals surface area (Å²) in [4.78, 5) is 63.0. The first kappa shape index (κ1) is 27.1. The van der Waals surface area contributed by atoms with Crippen molar-refractivity contribution in [3.05, 3.63) is 70.8 Å². The Bertz CT molecular complexity index is 890. The van der Waals surface area contributed by atoms with Gasteiger partial charge in [0.2, 0.25) is 0 Å². The monoisotopic (exact) mass is 492 g/mol. The minimum atomic E-state index is -1.20. The first-order chi connectivity index (χ1) is 16.8. The van der Waals surface area contributed by atoms with Crippen LogP contribution in [0.3, 0.4) is 0 Å². The van der Waals surface area contributed by atoms with Crippen molar-refractivity contribution in [1.82, 2.24) is 0 Å². The van der Waals surface area contributed by atoms with Crippen LogP contribution in [0.5, 0.6) is 0 Å². The minimum Gasteiger partial charge on any atom is -0.432 e. The van der Waals surface area contributed by atoms with Gasteiger partial charge < -0.3 is 9.47 Å². The number of hydrogen-bond donors (Lipinski definition) is 0. The van der Waals surface area contributed by atoms with Crippen LogP contribution in [-0.4, -0.2) is 37.5 Å². The molecule has 0 radical (unpaired) electrons. The van der Waals surface area contributed by atoms with E-state index < -0.39 is 24.2 Å². The highest BCUT2D eigenvalue weighted by Crippen LogP contribution is 2.07. The molecule has 0 bridgehead atoms. The van der Waals surface area contributed by atoms with Crippen molar-refractivity contribution in [3.63, 3.8) is 0 Å². The lowest BCUT2D eigenvalue weighted by Crippen LogP contribution is -2.13. The van der Waals surface area contributed by atoms with E-state index in [0.29, 0.717) is 19.3 Å². The highest BCUT2D eigenvalue weighted by Gasteiger charge is 2.13. The molecule has 0 saturated heterocycles. The van der Waals surface area contributed by atoms with Crippen LogP contribution in [0.25, 0.3) is 0 Å². The molecule has 188 valence electrons. The second kappa shape index (κ2) is 14.9. The molecule has 0 spiro atoms. The first-order valence-corrected chi connectivity index (χ1v) is 10.4. The van der Waals surface area contributed by atoms with E-state index in [0.717, 1.165) is 11.1 Å². The van der Waals surface area contributed by atoms with E-state index in [1.807, 2.05) is 13.8 Å². The van der Waals surface area contributed by atoms with Crippen molar-refractivity contribution in [2.45, 2.75) is 33.1 Å². The molecule has 2 aromatic carbocycles. The van der Waals surface area contributed by atoms with Crippen molar-refractivity contribution < 1.29 is 58.3 Å². The average molecular weight is 492 g/mol. The zero-order chi connectivity index (χ0) is 25.5. The zero-order valence-corrected chi connectivity index (χ0v) is 19.1. The van der Waals surface area contributed by atoms with E-state index in [9.17, 15) is 19.2 Å². The van der Waals surface area contributed by atoms with Crippen molar-refractivity contribution >= 4 is 24.2 Å². The quantitative estimate of drug-likeness (QED) is 0.178. The fourth-order valence-corrected chi connectivity index (χ4v) is 2.37. The number of benzene rings is 2. The number of aryl methyl sites for hydroxylation is 2. The number of carbonyl (C=O) groups excluding carboxylic acids is 4. The third kappa shape index (κ3) is 11.0. The van der Waals surface area contributed by atoms with Gasteiger partial charge in [-0.2, -0.15) is 0 Å².